The van der Waals surface area contributed by atoms with Gasteiger partial charge in [0.1, 0.15) is 0 Å². The summed E-state index contributed by atoms with van der Waals surface area (Å²) in [7, 11) is 0. The standard InChI is InChI=1S/C14H21NO/c1-2-12-7-9-13(10-8-12)11-15-16-14-5-3-4-6-14/h7-10,14-15H,2-6,11H2,1H3. The van der Waals surface area contributed by atoms with E-state index in [-0.39, 0.29) is 0 Å². The van der Waals surface area contributed by atoms with Crippen molar-refractivity contribution in [2.45, 2.75) is 51.7 Å². The second kappa shape index (κ2) is 6.02. The van der Waals surface area contributed by atoms with Gasteiger partial charge in [-0.25, -0.2) is 0 Å². The van der Waals surface area contributed by atoms with Crippen molar-refractivity contribution in [3.8, 4) is 0 Å². The Morgan fingerprint density at radius 3 is 2.38 bits per heavy atom. The molecule has 2 nitrogen and oxygen atoms in total. The highest BCUT2D eigenvalue weighted by atomic mass is 16.7. The highest BCUT2D eigenvalue weighted by molar-refractivity contribution is 5.22. The zero-order valence-corrected chi connectivity index (χ0v) is 10.0. The summed E-state index contributed by atoms with van der Waals surface area (Å²) in [5, 5.41) is 0. The van der Waals surface area contributed by atoms with E-state index < -0.39 is 0 Å². The molecular formula is C14H21NO. The molecule has 1 aromatic rings. The molecule has 16 heavy (non-hydrogen) atoms. The van der Waals surface area contributed by atoms with Crippen LogP contribution in [-0.2, 0) is 17.8 Å². The fourth-order valence-corrected chi connectivity index (χ4v) is 2.14. The maximum absolute atomic E-state index is 5.61. The zero-order chi connectivity index (χ0) is 11.2. The molecule has 1 aliphatic rings. The lowest BCUT2D eigenvalue weighted by atomic mass is 10.1. The molecule has 0 amide bonds. The Kier molecular flexibility index (Phi) is 4.37. The van der Waals surface area contributed by atoms with Crippen LogP contribution < -0.4 is 5.48 Å². The van der Waals surface area contributed by atoms with Crippen molar-refractivity contribution >= 4 is 0 Å². The van der Waals surface area contributed by atoms with Gasteiger partial charge in [0.15, 0.2) is 0 Å². The Morgan fingerprint density at radius 1 is 1.12 bits per heavy atom. The molecule has 1 saturated carbocycles. The normalized spacial score (nSPS) is 16.8. The average molecular weight is 219 g/mol. The summed E-state index contributed by atoms with van der Waals surface area (Å²) in [6.07, 6.45) is 6.60. The Bertz CT molecular complexity index is 301. The Hall–Kier alpha value is -0.860. The molecule has 1 N–H and O–H groups in total. The molecule has 1 aromatic carbocycles. The molecular weight excluding hydrogens is 198 g/mol. The van der Waals surface area contributed by atoms with E-state index in [9.17, 15) is 0 Å². The predicted octanol–water partition coefficient (Wildman–Crippen LogP) is 3.21. The van der Waals surface area contributed by atoms with Crippen LogP contribution in [0.15, 0.2) is 24.3 Å². The average Bonchev–Trinajstić information content (AvgIpc) is 2.83. The van der Waals surface area contributed by atoms with Crippen molar-refractivity contribution in [1.82, 2.24) is 5.48 Å². The van der Waals surface area contributed by atoms with E-state index in [4.69, 9.17) is 4.84 Å². The van der Waals surface area contributed by atoms with Crippen molar-refractivity contribution in [3.05, 3.63) is 35.4 Å². The van der Waals surface area contributed by atoms with Crippen LogP contribution in [-0.4, -0.2) is 6.10 Å². The number of nitrogens with one attached hydrogen (secondary N) is 1. The first-order valence-corrected chi connectivity index (χ1v) is 6.35. The first kappa shape index (κ1) is 11.6. The smallest absolute Gasteiger partial charge is 0.0790 e. The lowest BCUT2D eigenvalue weighted by molar-refractivity contribution is -0.0244. The largest absolute Gasteiger partial charge is 0.298 e. The second-order valence-electron chi connectivity index (χ2n) is 4.52. The fourth-order valence-electron chi connectivity index (χ4n) is 2.14. The first-order valence-electron chi connectivity index (χ1n) is 6.35. The van der Waals surface area contributed by atoms with Gasteiger partial charge in [0.2, 0.25) is 0 Å². The Morgan fingerprint density at radius 2 is 1.75 bits per heavy atom. The maximum atomic E-state index is 5.61. The van der Waals surface area contributed by atoms with E-state index in [0.717, 1.165) is 13.0 Å². The third kappa shape index (κ3) is 3.32. The third-order valence-electron chi connectivity index (χ3n) is 3.26. The summed E-state index contributed by atoms with van der Waals surface area (Å²) >= 11 is 0. The van der Waals surface area contributed by atoms with E-state index >= 15 is 0 Å². The molecule has 0 atom stereocenters. The molecule has 0 radical (unpaired) electrons. The van der Waals surface area contributed by atoms with Crippen LogP contribution in [0.1, 0.15) is 43.7 Å². The Labute approximate surface area is 98.0 Å². The monoisotopic (exact) mass is 219 g/mol. The second-order valence-corrected chi connectivity index (χ2v) is 4.52. The molecule has 0 bridgehead atoms. The number of rotatable bonds is 5. The highest BCUT2D eigenvalue weighted by Crippen LogP contribution is 2.19. The van der Waals surface area contributed by atoms with Crippen LogP contribution in [0.25, 0.3) is 0 Å². The quantitative estimate of drug-likeness (QED) is 0.768. The summed E-state index contributed by atoms with van der Waals surface area (Å²) in [6.45, 7) is 2.98. The first-order chi connectivity index (χ1) is 7.88. The van der Waals surface area contributed by atoms with E-state index in [1.54, 1.807) is 0 Å². The van der Waals surface area contributed by atoms with Gasteiger partial charge < -0.3 is 0 Å². The van der Waals surface area contributed by atoms with E-state index in [2.05, 4.69) is 36.7 Å². The van der Waals surface area contributed by atoms with Crippen molar-refractivity contribution in [2.75, 3.05) is 0 Å². The lowest BCUT2D eigenvalue weighted by Gasteiger charge is -2.11. The molecule has 0 heterocycles. The van der Waals surface area contributed by atoms with Crippen LogP contribution >= 0.6 is 0 Å². The molecule has 0 spiro atoms. The molecule has 0 aromatic heterocycles. The van der Waals surface area contributed by atoms with E-state index in [1.807, 2.05) is 0 Å². The molecule has 1 fully saturated rings. The summed E-state index contributed by atoms with van der Waals surface area (Å²) in [6, 6.07) is 8.72. The van der Waals surface area contributed by atoms with Crippen molar-refractivity contribution in [3.63, 3.8) is 0 Å². The molecule has 0 saturated heterocycles. The maximum Gasteiger partial charge on any atom is 0.0790 e. The van der Waals surface area contributed by atoms with Crippen LogP contribution in [0.2, 0.25) is 0 Å². The van der Waals surface area contributed by atoms with Gasteiger partial charge >= 0.3 is 0 Å². The number of hydroxylamine groups is 1. The van der Waals surface area contributed by atoms with Gasteiger partial charge in [-0.1, -0.05) is 44.0 Å². The third-order valence-corrected chi connectivity index (χ3v) is 3.26. The summed E-state index contributed by atoms with van der Waals surface area (Å²) in [4.78, 5) is 5.61. The van der Waals surface area contributed by atoms with Crippen molar-refractivity contribution in [1.29, 1.82) is 0 Å². The summed E-state index contributed by atoms with van der Waals surface area (Å²) in [5.41, 5.74) is 5.76. The van der Waals surface area contributed by atoms with E-state index in [1.165, 1.54) is 36.8 Å². The highest BCUT2D eigenvalue weighted by Gasteiger charge is 2.15. The molecule has 0 aliphatic heterocycles. The molecule has 2 rings (SSSR count). The number of aryl methyl sites for hydroxylation is 1. The van der Waals surface area contributed by atoms with Gasteiger partial charge in [0.25, 0.3) is 0 Å². The summed E-state index contributed by atoms with van der Waals surface area (Å²) < 4.78 is 0. The zero-order valence-electron chi connectivity index (χ0n) is 10.0. The van der Waals surface area contributed by atoms with Gasteiger partial charge in [-0.2, -0.15) is 5.48 Å². The minimum Gasteiger partial charge on any atom is -0.298 e. The number of hydrogen-bond donors (Lipinski definition) is 1. The SMILES string of the molecule is CCc1ccc(CNOC2CCCC2)cc1. The minimum absolute atomic E-state index is 0.440. The van der Waals surface area contributed by atoms with Gasteiger partial charge in [0.05, 0.1) is 6.10 Å². The van der Waals surface area contributed by atoms with Crippen LogP contribution in [0.5, 0.6) is 0 Å². The van der Waals surface area contributed by atoms with Crippen molar-refractivity contribution in [2.24, 2.45) is 0 Å². The van der Waals surface area contributed by atoms with Gasteiger partial charge in [-0.15, -0.1) is 0 Å². The van der Waals surface area contributed by atoms with Crippen LogP contribution in [0.4, 0.5) is 0 Å². The van der Waals surface area contributed by atoms with Crippen molar-refractivity contribution < 1.29 is 4.84 Å². The molecule has 0 unspecified atom stereocenters. The van der Waals surface area contributed by atoms with Gasteiger partial charge in [0, 0.05) is 6.54 Å². The molecule has 1 aliphatic carbocycles. The minimum atomic E-state index is 0.440. The van der Waals surface area contributed by atoms with Gasteiger partial charge in [-0.05, 0) is 30.4 Å². The molecule has 88 valence electrons. The number of hydrogen-bond acceptors (Lipinski definition) is 2. The van der Waals surface area contributed by atoms with Crippen LogP contribution in [0.3, 0.4) is 0 Å². The predicted molar refractivity (Wildman–Crippen MR) is 66.0 cm³/mol. The van der Waals surface area contributed by atoms with E-state index in [0.29, 0.717) is 6.10 Å². The summed E-state index contributed by atoms with van der Waals surface area (Å²) in [5.74, 6) is 0. The lowest BCUT2D eigenvalue weighted by Crippen LogP contribution is -2.21. The van der Waals surface area contributed by atoms with Gasteiger partial charge in [-0.3, -0.25) is 4.84 Å². The molecule has 2 heteroatoms. The van der Waals surface area contributed by atoms with Crippen LogP contribution in [0, 0.1) is 0 Å². The number of benzene rings is 1. The fraction of sp³-hybridized carbons (Fsp3) is 0.571. The topological polar surface area (TPSA) is 21.3 Å². The Balaban J connectivity index is 1.71.